The van der Waals surface area contributed by atoms with Gasteiger partial charge in [-0.05, 0) is 161 Å². The van der Waals surface area contributed by atoms with Gasteiger partial charge in [-0.2, -0.15) is 0 Å². The van der Waals surface area contributed by atoms with Crippen LogP contribution >= 0.6 is 0 Å². The van der Waals surface area contributed by atoms with Crippen LogP contribution in [0.1, 0.15) is 72.8 Å². The van der Waals surface area contributed by atoms with E-state index in [9.17, 15) is 24.3 Å². The number of rotatable bonds is 17. The van der Waals surface area contributed by atoms with Crippen molar-refractivity contribution in [3.8, 4) is 63.2 Å². The van der Waals surface area contributed by atoms with Crippen LogP contribution in [0.3, 0.4) is 0 Å². The monoisotopic (exact) mass is 1560 g/mol. The molecule has 0 spiro atoms. The van der Waals surface area contributed by atoms with Crippen LogP contribution in [0.5, 0.6) is 63.2 Å². The summed E-state index contributed by atoms with van der Waals surface area (Å²) in [6.45, 7) is 18.2. The van der Waals surface area contributed by atoms with Crippen LogP contribution in [0.2, 0.25) is 0 Å². The van der Waals surface area contributed by atoms with Crippen molar-refractivity contribution < 1.29 is 72.8 Å². The van der Waals surface area contributed by atoms with E-state index in [0.29, 0.717) is 25.9 Å². The first-order chi connectivity index (χ1) is 55.9. The minimum atomic E-state index is -0.759. The lowest BCUT2D eigenvalue weighted by Crippen LogP contribution is -2.50. The highest BCUT2D eigenvalue weighted by Gasteiger charge is 2.51. The molecule has 0 bridgehead atoms. The van der Waals surface area contributed by atoms with Crippen molar-refractivity contribution in [3.05, 3.63) is 198 Å². The molecule has 8 aromatic rings. The van der Waals surface area contributed by atoms with E-state index in [1.165, 1.54) is 5.56 Å². The molecular formula is C88H98N12O15. The van der Waals surface area contributed by atoms with Crippen molar-refractivity contribution in [2.24, 2.45) is 25.4 Å². The molecule has 4 N–H and O–H groups in total. The Labute approximate surface area is 669 Å². The molecule has 9 aliphatic rings. The Morgan fingerprint density at radius 3 is 0.930 bits per heavy atom. The Bertz CT molecular complexity index is 4960. The van der Waals surface area contributed by atoms with E-state index < -0.39 is 29.3 Å². The third-order valence-corrected chi connectivity index (χ3v) is 21.8. The predicted octanol–water partition coefficient (Wildman–Crippen LogP) is 13.4. The summed E-state index contributed by atoms with van der Waals surface area (Å²) >= 11 is 0. The van der Waals surface area contributed by atoms with Crippen LogP contribution in [-0.2, 0) is 19.2 Å². The van der Waals surface area contributed by atoms with Crippen molar-refractivity contribution in [1.82, 2.24) is 39.2 Å². The van der Waals surface area contributed by atoms with Crippen molar-refractivity contribution >= 4 is 70.0 Å². The van der Waals surface area contributed by atoms with E-state index in [-0.39, 0.29) is 19.3 Å². The Morgan fingerprint density at radius 2 is 0.635 bits per heavy atom. The van der Waals surface area contributed by atoms with Gasteiger partial charge in [-0.15, -0.1) is 0 Å². The minimum Gasteiger partial charge on any atom is -0.497 e. The van der Waals surface area contributed by atoms with E-state index in [1.807, 2.05) is 158 Å². The first kappa shape index (κ1) is 79.6. The van der Waals surface area contributed by atoms with E-state index in [4.69, 9.17) is 68.4 Å². The molecule has 4 saturated heterocycles. The number of hydrogen-bond acceptors (Lipinski definition) is 23. The van der Waals surface area contributed by atoms with E-state index in [0.717, 1.165) is 262 Å². The van der Waals surface area contributed by atoms with Crippen molar-refractivity contribution in [3.63, 3.8) is 0 Å². The van der Waals surface area contributed by atoms with Crippen LogP contribution in [0.25, 0.3) is 0 Å². The van der Waals surface area contributed by atoms with Crippen molar-refractivity contribution in [2.45, 2.75) is 51.9 Å². The number of fused-ring (bicyclic) bond motifs is 8. The molecule has 0 atom stereocenters. The number of carboxylic acid groups (broad SMARTS) is 4. The molecule has 1 aliphatic carbocycles. The van der Waals surface area contributed by atoms with Gasteiger partial charge in [0, 0.05) is 131 Å². The van der Waals surface area contributed by atoms with Gasteiger partial charge in [0.05, 0.1) is 55.4 Å². The van der Waals surface area contributed by atoms with Gasteiger partial charge in [-0.25, -0.2) is 20.0 Å². The van der Waals surface area contributed by atoms with E-state index >= 15 is 0 Å². The number of carboxylic acids is 4. The number of nitrogens with zero attached hydrogens (tertiary/aromatic N) is 12. The quantitative estimate of drug-likeness (QED) is 0.0659. The maximum atomic E-state index is 11.5. The number of hydrogen-bond donors (Lipinski definition) is 4. The molecule has 17 rings (SSSR count). The normalized spacial score (nSPS) is 17.2. The maximum absolute atomic E-state index is 11.5. The number of benzene rings is 8. The Kier molecular flexibility index (Phi) is 25.5. The van der Waals surface area contributed by atoms with Crippen LogP contribution in [-0.4, -0.2) is 259 Å². The Balaban J connectivity index is 0.000000127. The molecule has 600 valence electrons. The molecule has 1 saturated carbocycles. The second kappa shape index (κ2) is 36.8. The SMILES string of the molecule is COc1ccc2c(c1)C(N1CCN(CC3(C(=O)O)CC3)CC1)=Nc1ccccc1O2.COc1ccc2c(c1)C(N1CCN(CCC(=O)O)CC1)=Nc1ccccc1O2.COc1ccc2c(c1)C(N1CCN(CCCC(=O)O)CC1)=Nc1ccccc1O2.Cc1ccc2c(c1)C(N1CCN(CCCC(=O)O)CC1)=Nc1ccccc1O2. The first-order valence-corrected chi connectivity index (χ1v) is 39.3. The molecule has 0 aromatic heterocycles. The molecule has 115 heavy (non-hydrogen) atoms. The summed E-state index contributed by atoms with van der Waals surface area (Å²) in [4.78, 5) is 81.8. The van der Waals surface area contributed by atoms with Gasteiger partial charge in [0.25, 0.3) is 0 Å². The zero-order chi connectivity index (χ0) is 80.0. The minimum absolute atomic E-state index is 0.169. The number of aliphatic imine (C=N–C) groups is 4. The number of carbonyl (C=O) groups is 4. The van der Waals surface area contributed by atoms with Gasteiger partial charge < -0.3 is 73.2 Å². The van der Waals surface area contributed by atoms with Crippen molar-refractivity contribution in [1.29, 1.82) is 0 Å². The van der Waals surface area contributed by atoms with Crippen LogP contribution in [0.15, 0.2) is 190 Å². The van der Waals surface area contributed by atoms with Crippen LogP contribution < -0.4 is 33.2 Å². The summed E-state index contributed by atoms with van der Waals surface area (Å²) in [5, 5.41) is 36.0. The van der Waals surface area contributed by atoms with Gasteiger partial charge in [-0.3, -0.25) is 38.8 Å². The zero-order valence-electron chi connectivity index (χ0n) is 65.4. The van der Waals surface area contributed by atoms with Crippen LogP contribution in [0, 0.1) is 12.3 Å². The predicted molar refractivity (Wildman–Crippen MR) is 438 cm³/mol. The maximum Gasteiger partial charge on any atom is 0.310 e. The summed E-state index contributed by atoms with van der Waals surface area (Å²) in [6, 6.07) is 54.7. The number of piperazine rings is 4. The standard InChI is InChI=1S/C23H25N3O4.C22H25N3O4.C22H25N3O3.C21H23N3O4/c1-29-16-6-7-19-17(14-16)21(24-18-4-2-3-5-20(18)30-19)26-12-10-25(11-13-26)15-23(8-9-23)22(27)28;1-28-16-8-9-19-17(15-16)22(23-18-5-2-3-6-20(18)29-19)25-13-11-24(12-14-25)10-4-7-21(26)27;1-16-8-9-19-17(15-16)22(23-18-5-2-3-6-20(18)28-19)25-13-11-24(12-14-25)10-4-7-21(26)27;1-27-15-6-7-18-16(14-15)21(22-17-4-2-3-5-19(17)28-18)24-12-10-23(11-13-24)9-8-20(25)26/h2-7,14H,8-13,15H2,1H3,(H,27,28);2-3,5-6,8-9,15H,4,7,10-14H2,1H3,(H,26,27);2-3,5-6,8-9,15H,4,7,10-14H2,1H3,(H,26,27);2-7,14H,8-13H2,1H3,(H,25,26). The third kappa shape index (κ3) is 19.8. The first-order valence-electron chi connectivity index (χ1n) is 39.3. The molecule has 5 fully saturated rings. The van der Waals surface area contributed by atoms with E-state index in [1.54, 1.807) is 21.3 Å². The second-order valence-corrected chi connectivity index (χ2v) is 29.6. The third-order valence-electron chi connectivity index (χ3n) is 21.8. The molecular weight excluding hydrogens is 1470 g/mol. The number of methoxy groups -OCH3 is 3. The fourth-order valence-corrected chi connectivity index (χ4v) is 15.1. The molecule has 27 nitrogen and oxygen atoms in total. The Hall–Kier alpha value is -12.0. The van der Waals surface area contributed by atoms with Gasteiger partial charge in [0.1, 0.15) is 86.3 Å². The lowest BCUT2D eigenvalue weighted by molar-refractivity contribution is -0.144. The summed E-state index contributed by atoms with van der Waals surface area (Å²) in [6.07, 6.45) is 3.56. The zero-order valence-corrected chi connectivity index (χ0v) is 65.4. The Morgan fingerprint density at radius 1 is 0.348 bits per heavy atom. The smallest absolute Gasteiger partial charge is 0.310 e. The molecule has 8 heterocycles. The molecule has 8 aromatic carbocycles. The molecule has 27 heteroatoms. The van der Waals surface area contributed by atoms with E-state index in [2.05, 4.69) is 58.3 Å². The highest BCUT2D eigenvalue weighted by Crippen LogP contribution is 2.48. The number of ether oxygens (including phenoxy) is 7. The number of amidine groups is 4. The van der Waals surface area contributed by atoms with Gasteiger partial charge in [-0.1, -0.05) is 60.2 Å². The number of aryl methyl sites for hydroxylation is 1. The summed E-state index contributed by atoms with van der Waals surface area (Å²) in [7, 11) is 4.95. The summed E-state index contributed by atoms with van der Waals surface area (Å²) < 4.78 is 40.9. The number of para-hydroxylation sites is 8. The summed E-state index contributed by atoms with van der Waals surface area (Å²) in [5.74, 6) is 9.02. The lowest BCUT2D eigenvalue weighted by Gasteiger charge is -2.37. The lowest BCUT2D eigenvalue weighted by atomic mass is 10.1. The van der Waals surface area contributed by atoms with Crippen molar-refractivity contribution in [2.75, 3.05) is 152 Å². The average Bonchev–Trinajstić information content (AvgIpc) is 1.60. The van der Waals surface area contributed by atoms with Gasteiger partial charge >= 0.3 is 23.9 Å². The van der Waals surface area contributed by atoms with Crippen LogP contribution in [0.4, 0.5) is 22.7 Å². The topological polar surface area (TPSA) is 289 Å². The molecule has 0 amide bonds. The van der Waals surface area contributed by atoms with Gasteiger partial charge in [0.2, 0.25) is 0 Å². The second-order valence-electron chi connectivity index (χ2n) is 29.6. The highest BCUT2D eigenvalue weighted by molar-refractivity contribution is 6.07. The highest BCUT2D eigenvalue weighted by atomic mass is 16.5. The molecule has 0 radical (unpaired) electrons. The molecule has 0 unspecified atom stereocenters. The molecule has 8 aliphatic heterocycles. The fourth-order valence-electron chi connectivity index (χ4n) is 15.1. The fraction of sp³-hybridized carbons (Fsp3) is 0.364. The average molecular weight is 1560 g/mol. The largest absolute Gasteiger partial charge is 0.497 e. The number of aliphatic carboxylic acids is 4. The van der Waals surface area contributed by atoms with Gasteiger partial charge in [0.15, 0.2) is 23.0 Å². The summed E-state index contributed by atoms with van der Waals surface area (Å²) in [5.41, 5.74) is 7.64.